The van der Waals surface area contributed by atoms with Crippen molar-refractivity contribution in [2.24, 2.45) is 40.4 Å². The topological polar surface area (TPSA) is 419 Å². The van der Waals surface area contributed by atoms with Crippen LogP contribution in [0.1, 0.15) is 120 Å². The van der Waals surface area contributed by atoms with Crippen LogP contribution in [0.4, 0.5) is 0 Å². The van der Waals surface area contributed by atoms with E-state index in [0.717, 1.165) is 12.0 Å². The van der Waals surface area contributed by atoms with Crippen LogP contribution in [0.25, 0.3) is 0 Å². The molecule has 33 atom stereocenters. The van der Waals surface area contributed by atoms with Gasteiger partial charge in [-0.15, -0.1) is 0 Å². The number of hydrogen-bond acceptors (Lipinski definition) is 27. The number of allylic oxidation sites excluding steroid dienone is 2. The van der Waals surface area contributed by atoms with Crippen LogP contribution in [0.2, 0.25) is 0 Å². The van der Waals surface area contributed by atoms with Gasteiger partial charge >= 0.3 is 29.6 Å². The zero-order valence-electron chi connectivity index (χ0n) is 49.9. The van der Waals surface area contributed by atoms with Gasteiger partial charge in [0.05, 0.1) is 48.8 Å². The number of fused-ring (bicyclic) bond motifs is 5. The third-order valence-electron chi connectivity index (χ3n) is 20.3. The molecule has 12 N–H and O–H groups in total. The summed E-state index contributed by atoms with van der Waals surface area (Å²) >= 11 is 0. The van der Waals surface area contributed by atoms with Gasteiger partial charge < -0.3 is 113 Å². The van der Waals surface area contributed by atoms with E-state index in [0.29, 0.717) is 32.1 Å². The fraction of sp³-hybridized carbons (Fsp3) is 0.946. The Morgan fingerprint density at radius 2 is 1.14 bits per heavy atom. The van der Waals surface area contributed by atoms with E-state index < -0.39 is 199 Å². The Morgan fingerprint density at radius 3 is 1.71 bits per heavy atom. The maximum Gasteiger partial charge on any atom is 1.00 e. The van der Waals surface area contributed by atoms with E-state index in [2.05, 4.69) is 19.9 Å². The second-order valence-corrected chi connectivity index (χ2v) is 27.6. The van der Waals surface area contributed by atoms with E-state index in [1.165, 1.54) is 27.7 Å². The van der Waals surface area contributed by atoms with Crippen LogP contribution in [0.15, 0.2) is 11.6 Å². The van der Waals surface area contributed by atoms with Crippen LogP contribution >= 0.6 is 0 Å². The van der Waals surface area contributed by atoms with Crippen molar-refractivity contribution in [1.29, 1.82) is 0 Å². The van der Waals surface area contributed by atoms with Crippen molar-refractivity contribution in [1.82, 2.24) is 0 Å². The fourth-order valence-corrected chi connectivity index (χ4v) is 16.2. The summed E-state index contributed by atoms with van der Waals surface area (Å²) in [5, 5.41) is 135. The molecule has 5 saturated heterocycles. The van der Waals surface area contributed by atoms with Crippen LogP contribution in [0.5, 0.6) is 0 Å². The molecular weight excluding hydrogens is 1160 g/mol. The monoisotopic (exact) mass is 1250 g/mol. The van der Waals surface area contributed by atoms with Crippen molar-refractivity contribution in [3.63, 3.8) is 0 Å². The minimum Gasteiger partial charge on any atom is -0.726 e. The molecule has 0 aromatic heterocycles. The summed E-state index contributed by atoms with van der Waals surface area (Å²) in [6, 6.07) is 0. The smallest absolute Gasteiger partial charge is 0.726 e. The summed E-state index contributed by atoms with van der Waals surface area (Å²) in [7, 11) is -5.12. The number of ether oxygens (including phenoxy) is 10. The SMILES string of the molecule is CC(C)CC(=O)C[C@](C)(O)[C@H]1CC[C@H]2[C@@H]3C[C@H](O[C@@H]4O[C@H](C)[C@@H](O)[C@H](O[C@@H]5OC[C@@H](O[C@@H]6O[C@H](C)[C@H](O)[C@H](O)[C@H]6O[C@@H]6O[C@H](C)[C@H](O)[C@H](O)[C@H]6O)[C@H](O)[C@H]5O[C@@H]5O[C@H](C)[C@@H](O)[C@H](O)[C@H]5O)[C@H]4O)C4C[C@@H](OS(=O)(=O)[O-])CC[C@]4(C)C3=CC[C@@]21C.[Na+]. The Hall–Kier alpha value is -0.600. The first-order chi connectivity index (χ1) is 39.1. The molecule has 5 heterocycles. The molecule has 3 saturated carbocycles. The van der Waals surface area contributed by atoms with Gasteiger partial charge in [0, 0.05) is 12.8 Å². The summed E-state index contributed by atoms with van der Waals surface area (Å²) in [5.41, 5.74) is -1.27. The summed E-state index contributed by atoms with van der Waals surface area (Å²) < 4.78 is 102. The van der Waals surface area contributed by atoms with Crippen molar-refractivity contribution >= 4 is 16.2 Å². The molecule has 5 aliphatic heterocycles. The van der Waals surface area contributed by atoms with Gasteiger partial charge in [0.15, 0.2) is 31.5 Å². The summed E-state index contributed by atoms with van der Waals surface area (Å²) in [5.74, 6) is -0.803. The first kappa shape index (κ1) is 70.3. The molecule has 9 rings (SSSR count). The molecule has 484 valence electrons. The van der Waals surface area contributed by atoms with Gasteiger partial charge in [0.25, 0.3) is 0 Å². The Bertz CT molecular complexity index is 2410. The average Bonchev–Trinajstić information content (AvgIpc) is 1.74. The first-order valence-electron chi connectivity index (χ1n) is 29.7. The van der Waals surface area contributed by atoms with Gasteiger partial charge in [0.2, 0.25) is 10.4 Å². The van der Waals surface area contributed by atoms with Crippen molar-refractivity contribution in [2.75, 3.05) is 6.61 Å². The van der Waals surface area contributed by atoms with E-state index in [4.69, 9.17) is 51.6 Å². The van der Waals surface area contributed by atoms with Crippen molar-refractivity contribution in [3.8, 4) is 0 Å². The van der Waals surface area contributed by atoms with Gasteiger partial charge in [-0.3, -0.25) is 8.98 Å². The van der Waals surface area contributed by atoms with Gasteiger partial charge in [-0.1, -0.05) is 39.3 Å². The Balaban J connectivity index is 0.00000940. The van der Waals surface area contributed by atoms with Crippen LogP contribution in [-0.2, 0) is 66.7 Å². The van der Waals surface area contributed by atoms with Crippen molar-refractivity contribution in [3.05, 3.63) is 11.6 Å². The number of aliphatic hydroxyl groups is 12. The predicted octanol–water partition coefficient (Wildman–Crippen LogP) is -4.99. The molecule has 8 fully saturated rings. The molecule has 0 radical (unpaired) electrons. The van der Waals surface area contributed by atoms with Crippen LogP contribution in [0, 0.1) is 40.4 Å². The number of carbonyl (C=O) groups excluding carboxylic acids is 1. The summed E-state index contributed by atoms with van der Waals surface area (Å²) in [6.45, 7) is 15.0. The molecular formula is C56H91NaO27S. The Kier molecular flexibility index (Phi) is 22.5. The minimum atomic E-state index is -5.12. The average molecular weight is 1250 g/mol. The molecule has 0 aromatic carbocycles. The predicted molar refractivity (Wildman–Crippen MR) is 282 cm³/mol. The molecule has 9 aliphatic rings. The molecule has 4 aliphatic carbocycles. The molecule has 0 bridgehead atoms. The van der Waals surface area contributed by atoms with Crippen molar-refractivity contribution in [2.45, 2.75) is 285 Å². The molecule has 1 unspecified atom stereocenters. The Labute approximate surface area is 517 Å². The molecule has 0 amide bonds. The van der Waals surface area contributed by atoms with E-state index >= 15 is 0 Å². The molecule has 29 heteroatoms. The fourth-order valence-electron chi connectivity index (χ4n) is 15.7. The zero-order chi connectivity index (χ0) is 61.6. The Morgan fingerprint density at radius 1 is 0.635 bits per heavy atom. The molecule has 27 nitrogen and oxygen atoms in total. The number of rotatable bonds is 17. The number of ketones is 1. The number of Topliss-reactive ketones (excluding diaryl/α,β-unsaturated/α-hetero) is 1. The van der Waals surface area contributed by atoms with E-state index in [1.807, 2.05) is 13.8 Å². The number of hydrogen-bond donors (Lipinski definition) is 12. The second-order valence-electron chi connectivity index (χ2n) is 26.6. The number of carbonyl (C=O) groups is 1. The van der Waals surface area contributed by atoms with Crippen LogP contribution in [0.3, 0.4) is 0 Å². The standard InChI is InChI=1S/C56H92O27S.Na/c1-21(2)16-26(57)19-56(9,69)34-11-10-29-28-18-32(31-17-27(83-84(70,71)72)12-14-54(31,7)30(28)13-15-55(29,34)8)78-51-45(68)46(38(61)25(6)76-51)80-52-47(81-49-43(66)40(63)35(58)22(3)74-49)39(62)33(20-73-52)79-53-48(42(65)37(60)24(5)77-53)82-50-44(67)41(64)36(59)23(4)75-50;/h13,21-25,27-29,31-53,58-69H,10-12,14-20H2,1-9H3,(H,70,71,72);/q;+1/p-1/t22-,23-,24-,25-,27+,28+,29+,31?,32+,33-,34+,35-,36+,37+,38-,39+,40+,41+,42+,43-,44-,45-,46+,47-,48-,49+,50+,51+,52+,53+,54-,55+,56+;/m1./s1. The normalized spacial score (nSPS) is 51.1. The first-order valence-corrected chi connectivity index (χ1v) is 31.1. The minimum absolute atomic E-state index is 0. The van der Waals surface area contributed by atoms with E-state index in [-0.39, 0.29) is 78.3 Å². The second kappa shape index (κ2) is 27.2. The van der Waals surface area contributed by atoms with Gasteiger partial charge in [0.1, 0.15) is 97.3 Å². The summed E-state index contributed by atoms with van der Waals surface area (Å²) in [4.78, 5) is 13.2. The van der Waals surface area contributed by atoms with E-state index in [9.17, 15) is 79.0 Å². The van der Waals surface area contributed by atoms with E-state index in [1.54, 1.807) is 6.92 Å². The zero-order valence-corrected chi connectivity index (χ0v) is 52.8. The van der Waals surface area contributed by atoms with Gasteiger partial charge in [-0.2, -0.15) is 0 Å². The maximum atomic E-state index is 13.2. The molecule has 0 spiro atoms. The van der Waals surface area contributed by atoms with Gasteiger partial charge in [-0.05, 0) is 120 Å². The van der Waals surface area contributed by atoms with Crippen LogP contribution < -0.4 is 29.6 Å². The molecule has 0 aromatic rings. The third kappa shape index (κ3) is 14.2. The summed E-state index contributed by atoms with van der Waals surface area (Å²) in [6.07, 6.45) is -35.6. The number of aliphatic hydroxyl groups excluding tert-OH is 11. The molecule has 85 heavy (non-hydrogen) atoms. The maximum absolute atomic E-state index is 13.2. The van der Waals surface area contributed by atoms with Crippen LogP contribution in [-0.4, -0.2) is 252 Å². The quantitative estimate of drug-likeness (QED) is 0.0281. The largest absolute Gasteiger partial charge is 1.00 e. The third-order valence-corrected chi connectivity index (χ3v) is 20.8. The van der Waals surface area contributed by atoms with Crippen molar-refractivity contribution < 1.29 is 160 Å². The van der Waals surface area contributed by atoms with Gasteiger partial charge in [-0.25, -0.2) is 8.42 Å².